The lowest BCUT2D eigenvalue weighted by Crippen LogP contribution is -2.42. The Balaban J connectivity index is 2.19. The van der Waals surface area contributed by atoms with Gasteiger partial charge in [0, 0.05) is 19.1 Å². The number of rotatable bonds is 4. The van der Waals surface area contributed by atoms with Crippen LogP contribution < -0.4 is 5.32 Å². The standard InChI is InChI=1S/C12H16Br2N2OS/c1-2-5-16(8-3-4-15-7-8)12(17)9-6-10(13)18-11(9)14/h6,8,15H,2-5,7H2,1H3. The van der Waals surface area contributed by atoms with Crippen LogP contribution in [0.25, 0.3) is 0 Å². The molecule has 2 rings (SSSR count). The van der Waals surface area contributed by atoms with Gasteiger partial charge in [-0.05, 0) is 57.3 Å². The zero-order valence-corrected chi connectivity index (χ0v) is 14.2. The zero-order chi connectivity index (χ0) is 13.1. The van der Waals surface area contributed by atoms with E-state index in [1.807, 2.05) is 11.0 Å². The van der Waals surface area contributed by atoms with Crippen LogP contribution in [0.1, 0.15) is 30.1 Å². The Labute approximate surface area is 128 Å². The van der Waals surface area contributed by atoms with Gasteiger partial charge < -0.3 is 10.2 Å². The molecule has 0 saturated carbocycles. The maximum atomic E-state index is 12.6. The second kappa shape index (κ2) is 6.50. The maximum absolute atomic E-state index is 12.6. The van der Waals surface area contributed by atoms with Gasteiger partial charge in [0.15, 0.2) is 0 Å². The van der Waals surface area contributed by atoms with Gasteiger partial charge in [0.25, 0.3) is 5.91 Å². The van der Waals surface area contributed by atoms with Gasteiger partial charge in [0.1, 0.15) is 0 Å². The Morgan fingerprint density at radius 3 is 2.89 bits per heavy atom. The fourth-order valence-corrected chi connectivity index (χ4v) is 5.01. The Morgan fingerprint density at radius 2 is 2.39 bits per heavy atom. The fourth-order valence-electron chi connectivity index (χ4n) is 2.24. The van der Waals surface area contributed by atoms with E-state index in [1.54, 1.807) is 11.3 Å². The van der Waals surface area contributed by atoms with Crippen LogP contribution in [-0.4, -0.2) is 36.5 Å². The number of halogens is 2. The molecule has 1 saturated heterocycles. The lowest BCUT2D eigenvalue weighted by molar-refractivity contribution is 0.0692. The molecule has 100 valence electrons. The number of hydrogen-bond donors (Lipinski definition) is 1. The summed E-state index contributed by atoms with van der Waals surface area (Å²) in [6.07, 6.45) is 2.04. The number of nitrogens with zero attached hydrogens (tertiary/aromatic N) is 1. The SMILES string of the molecule is CCCN(C(=O)c1cc(Br)sc1Br)C1CCNC1. The van der Waals surface area contributed by atoms with Gasteiger partial charge in [-0.2, -0.15) is 0 Å². The van der Waals surface area contributed by atoms with Crippen molar-refractivity contribution in [2.75, 3.05) is 19.6 Å². The molecule has 18 heavy (non-hydrogen) atoms. The van der Waals surface area contributed by atoms with Crippen LogP contribution in [-0.2, 0) is 0 Å². The summed E-state index contributed by atoms with van der Waals surface area (Å²) in [6.45, 7) is 4.85. The molecule has 0 bridgehead atoms. The molecule has 1 aliphatic heterocycles. The van der Waals surface area contributed by atoms with Crippen molar-refractivity contribution in [3.8, 4) is 0 Å². The number of carbonyl (C=O) groups is 1. The van der Waals surface area contributed by atoms with Crippen molar-refractivity contribution >= 4 is 49.1 Å². The van der Waals surface area contributed by atoms with Gasteiger partial charge in [-0.3, -0.25) is 4.79 Å². The van der Waals surface area contributed by atoms with Gasteiger partial charge in [-0.1, -0.05) is 6.92 Å². The largest absolute Gasteiger partial charge is 0.334 e. The summed E-state index contributed by atoms with van der Waals surface area (Å²) in [5.74, 6) is 0.138. The van der Waals surface area contributed by atoms with Crippen molar-refractivity contribution < 1.29 is 4.79 Å². The number of nitrogens with one attached hydrogen (secondary N) is 1. The van der Waals surface area contributed by atoms with Crippen LogP contribution >= 0.6 is 43.2 Å². The van der Waals surface area contributed by atoms with Crippen LogP contribution in [0.5, 0.6) is 0 Å². The quantitative estimate of drug-likeness (QED) is 0.846. The van der Waals surface area contributed by atoms with E-state index in [9.17, 15) is 4.79 Å². The van der Waals surface area contributed by atoms with Gasteiger partial charge in [0.05, 0.1) is 13.1 Å². The van der Waals surface area contributed by atoms with Crippen molar-refractivity contribution in [3.63, 3.8) is 0 Å². The molecule has 1 amide bonds. The molecule has 0 spiro atoms. The van der Waals surface area contributed by atoms with Gasteiger partial charge >= 0.3 is 0 Å². The van der Waals surface area contributed by atoms with E-state index < -0.39 is 0 Å². The summed E-state index contributed by atoms with van der Waals surface area (Å²) in [4.78, 5) is 14.6. The minimum Gasteiger partial charge on any atom is -0.334 e. The molecule has 6 heteroatoms. The zero-order valence-electron chi connectivity index (χ0n) is 10.2. The first-order chi connectivity index (χ1) is 8.63. The summed E-state index contributed by atoms with van der Waals surface area (Å²) in [5.41, 5.74) is 0.771. The van der Waals surface area contributed by atoms with Crippen molar-refractivity contribution in [1.82, 2.24) is 10.2 Å². The van der Waals surface area contributed by atoms with Crippen molar-refractivity contribution in [1.29, 1.82) is 0 Å². The predicted molar refractivity (Wildman–Crippen MR) is 82.3 cm³/mol. The highest BCUT2D eigenvalue weighted by Gasteiger charge is 2.28. The summed E-state index contributed by atoms with van der Waals surface area (Å²) in [5, 5.41) is 3.33. The third-order valence-corrected chi connectivity index (χ3v) is 5.43. The van der Waals surface area contributed by atoms with Crippen LogP contribution in [0, 0.1) is 0 Å². The average Bonchev–Trinajstić information content (AvgIpc) is 2.95. The Bertz CT molecular complexity index is 430. The minimum atomic E-state index is 0.138. The molecule has 0 aliphatic carbocycles. The molecule has 1 unspecified atom stereocenters. The minimum absolute atomic E-state index is 0.138. The van der Waals surface area contributed by atoms with E-state index in [-0.39, 0.29) is 5.91 Å². The maximum Gasteiger partial charge on any atom is 0.256 e. The fraction of sp³-hybridized carbons (Fsp3) is 0.583. The summed E-state index contributed by atoms with van der Waals surface area (Å²) in [6, 6.07) is 2.24. The van der Waals surface area contributed by atoms with Crippen molar-refractivity contribution in [2.24, 2.45) is 0 Å². The number of thiophene rings is 1. The lowest BCUT2D eigenvalue weighted by atomic mass is 10.1. The molecule has 1 aromatic heterocycles. The summed E-state index contributed by atoms with van der Waals surface area (Å²) < 4.78 is 1.89. The molecule has 1 N–H and O–H groups in total. The molecular formula is C12H16Br2N2OS. The number of amides is 1. The van der Waals surface area contributed by atoms with Crippen molar-refractivity contribution in [3.05, 3.63) is 19.2 Å². The van der Waals surface area contributed by atoms with E-state index in [0.29, 0.717) is 6.04 Å². The average molecular weight is 396 g/mol. The van der Waals surface area contributed by atoms with E-state index >= 15 is 0 Å². The number of hydrogen-bond acceptors (Lipinski definition) is 3. The van der Waals surface area contributed by atoms with E-state index in [0.717, 1.165) is 45.6 Å². The topological polar surface area (TPSA) is 32.3 Å². The van der Waals surface area contributed by atoms with Crippen LogP contribution in [0.15, 0.2) is 13.6 Å². The van der Waals surface area contributed by atoms with E-state index in [2.05, 4.69) is 44.1 Å². The smallest absolute Gasteiger partial charge is 0.256 e. The van der Waals surface area contributed by atoms with E-state index in [4.69, 9.17) is 0 Å². The van der Waals surface area contributed by atoms with E-state index in [1.165, 1.54) is 0 Å². The molecule has 2 heterocycles. The summed E-state index contributed by atoms with van der Waals surface area (Å²) >= 11 is 8.45. The lowest BCUT2D eigenvalue weighted by Gasteiger charge is -2.28. The first-order valence-corrected chi connectivity index (χ1v) is 8.50. The molecule has 0 aromatic carbocycles. The monoisotopic (exact) mass is 394 g/mol. The second-order valence-corrected chi connectivity index (χ2v) is 8.13. The van der Waals surface area contributed by atoms with Gasteiger partial charge in [0.2, 0.25) is 0 Å². The highest BCUT2D eigenvalue weighted by atomic mass is 79.9. The summed E-state index contributed by atoms with van der Waals surface area (Å²) in [7, 11) is 0. The predicted octanol–water partition coefficient (Wildman–Crippen LogP) is 3.49. The highest BCUT2D eigenvalue weighted by Crippen LogP contribution is 2.33. The normalized spacial score (nSPS) is 19.2. The van der Waals surface area contributed by atoms with Gasteiger partial charge in [-0.15, -0.1) is 11.3 Å². The molecule has 1 fully saturated rings. The third-order valence-electron chi connectivity index (χ3n) is 3.09. The highest BCUT2D eigenvalue weighted by molar-refractivity contribution is 9.12. The number of carbonyl (C=O) groups excluding carboxylic acids is 1. The van der Waals surface area contributed by atoms with Crippen molar-refractivity contribution in [2.45, 2.75) is 25.8 Å². The molecule has 1 aliphatic rings. The molecule has 3 nitrogen and oxygen atoms in total. The molecule has 0 radical (unpaired) electrons. The Kier molecular flexibility index (Phi) is 5.24. The first kappa shape index (κ1) is 14.5. The van der Waals surface area contributed by atoms with Gasteiger partial charge in [-0.25, -0.2) is 0 Å². The molecule has 1 aromatic rings. The second-order valence-electron chi connectivity index (χ2n) is 4.38. The Hall–Kier alpha value is 0.0900. The molecular weight excluding hydrogens is 380 g/mol. The van der Waals surface area contributed by atoms with Crippen LogP contribution in [0.2, 0.25) is 0 Å². The Morgan fingerprint density at radius 1 is 1.61 bits per heavy atom. The third kappa shape index (κ3) is 3.15. The van der Waals surface area contributed by atoms with Crippen LogP contribution in [0.4, 0.5) is 0 Å². The molecule has 1 atom stereocenters. The first-order valence-electron chi connectivity index (χ1n) is 6.10. The van der Waals surface area contributed by atoms with Crippen LogP contribution in [0.3, 0.4) is 0 Å².